The van der Waals surface area contributed by atoms with Gasteiger partial charge in [-0.1, -0.05) is 53.6 Å². The number of hydrogen-bond donors (Lipinski definition) is 1. The van der Waals surface area contributed by atoms with Crippen molar-refractivity contribution in [3.63, 3.8) is 0 Å². The van der Waals surface area contributed by atoms with Crippen molar-refractivity contribution >= 4 is 17.6 Å². The highest BCUT2D eigenvalue weighted by atomic mass is 35.5. The third kappa shape index (κ3) is 6.43. The molecule has 1 heterocycles. The molecule has 0 spiro atoms. The van der Waals surface area contributed by atoms with E-state index in [2.05, 4.69) is 6.07 Å². The second kappa shape index (κ2) is 12.6. The van der Waals surface area contributed by atoms with Crippen LogP contribution in [-0.2, 0) is 11.4 Å². The second-order valence-corrected chi connectivity index (χ2v) is 9.96. The molecule has 8 nitrogen and oxygen atoms in total. The van der Waals surface area contributed by atoms with E-state index in [0.717, 1.165) is 11.1 Å². The van der Waals surface area contributed by atoms with E-state index in [4.69, 9.17) is 41.0 Å². The van der Waals surface area contributed by atoms with Gasteiger partial charge in [0, 0.05) is 16.7 Å². The maximum absolute atomic E-state index is 12.4. The number of methoxy groups -OCH3 is 1. The number of carbonyl (C=O) groups excluding carboxylic acids is 1. The fraction of sp³-hybridized carbons (Fsp3) is 0.152. The highest BCUT2D eigenvalue weighted by Crippen LogP contribution is 2.45. The number of nitriles is 1. The minimum Gasteiger partial charge on any atom is -0.493 e. The zero-order valence-corrected chi connectivity index (χ0v) is 23.7. The van der Waals surface area contributed by atoms with Gasteiger partial charge in [-0.2, -0.15) is 5.26 Å². The number of rotatable bonds is 9. The van der Waals surface area contributed by atoms with E-state index in [0.29, 0.717) is 40.2 Å². The molecule has 0 fully saturated rings. The first kappa shape index (κ1) is 28.4. The summed E-state index contributed by atoms with van der Waals surface area (Å²) >= 11 is 5.88. The van der Waals surface area contributed by atoms with Crippen LogP contribution in [-0.4, -0.2) is 19.7 Å². The molecule has 1 aliphatic heterocycles. The Bertz CT molecular complexity index is 1680. The van der Waals surface area contributed by atoms with Crippen molar-refractivity contribution in [2.24, 2.45) is 5.73 Å². The molecule has 0 saturated heterocycles. The van der Waals surface area contributed by atoms with Gasteiger partial charge >= 0.3 is 5.97 Å². The van der Waals surface area contributed by atoms with Crippen molar-refractivity contribution in [3.8, 4) is 34.8 Å². The molecule has 9 heteroatoms. The zero-order valence-electron chi connectivity index (χ0n) is 22.9. The van der Waals surface area contributed by atoms with Crippen LogP contribution in [0.15, 0.2) is 96.4 Å². The Morgan fingerprint density at radius 2 is 1.69 bits per heavy atom. The lowest BCUT2D eigenvalue weighted by atomic mass is 9.83. The number of benzene rings is 4. The molecule has 5 rings (SSSR count). The van der Waals surface area contributed by atoms with Crippen LogP contribution in [0.1, 0.15) is 28.2 Å². The zero-order chi connectivity index (χ0) is 29.6. The van der Waals surface area contributed by atoms with Crippen molar-refractivity contribution in [1.82, 2.24) is 0 Å². The first-order chi connectivity index (χ1) is 20.3. The molecule has 0 bridgehead atoms. The van der Waals surface area contributed by atoms with Gasteiger partial charge in [-0.25, -0.2) is 4.79 Å². The van der Waals surface area contributed by atoms with E-state index in [1.165, 1.54) is 5.56 Å². The van der Waals surface area contributed by atoms with Gasteiger partial charge in [0.2, 0.25) is 5.88 Å². The summed E-state index contributed by atoms with van der Waals surface area (Å²) in [6, 6.07) is 27.3. The highest BCUT2D eigenvalue weighted by molar-refractivity contribution is 6.30. The number of ether oxygens (including phenoxy) is 5. The summed E-state index contributed by atoms with van der Waals surface area (Å²) < 4.78 is 28.3. The second-order valence-electron chi connectivity index (χ2n) is 9.53. The summed E-state index contributed by atoms with van der Waals surface area (Å²) in [6.07, 6.45) is 0. The maximum Gasteiger partial charge on any atom is 0.349 e. The van der Waals surface area contributed by atoms with Gasteiger partial charge in [0.15, 0.2) is 18.1 Å². The molecule has 0 aromatic heterocycles. The lowest BCUT2D eigenvalue weighted by Gasteiger charge is -2.27. The summed E-state index contributed by atoms with van der Waals surface area (Å²) in [6.45, 7) is 2.10. The number of fused-ring (bicyclic) bond motifs is 1. The van der Waals surface area contributed by atoms with Crippen LogP contribution in [0.3, 0.4) is 0 Å². The van der Waals surface area contributed by atoms with E-state index in [9.17, 15) is 10.1 Å². The Balaban J connectivity index is 1.35. The number of esters is 1. The van der Waals surface area contributed by atoms with Crippen LogP contribution in [0.2, 0.25) is 5.02 Å². The molecule has 212 valence electrons. The summed E-state index contributed by atoms with van der Waals surface area (Å²) in [5.41, 5.74) is 10.0. The monoisotopic (exact) mass is 582 g/mol. The first-order valence-corrected chi connectivity index (χ1v) is 13.4. The van der Waals surface area contributed by atoms with Crippen molar-refractivity contribution in [3.05, 3.63) is 124 Å². The molecule has 1 atom stereocenters. The van der Waals surface area contributed by atoms with E-state index < -0.39 is 11.9 Å². The third-order valence-corrected chi connectivity index (χ3v) is 6.88. The Hall–Kier alpha value is -5.13. The number of nitrogens with two attached hydrogens (primary N) is 1. The Kier molecular flexibility index (Phi) is 8.51. The largest absolute Gasteiger partial charge is 0.493 e. The number of aryl methyl sites for hydroxylation is 1. The van der Waals surface area contributed by atoms with Crippen LogP contribution in [0, 0.1) is 18.3 Å². The number of carbonyl (C=O) groups is 1. The molecule has 4 aromatic carbocycles. The first-order valence-electron chi connectivity index (χ1n) is 13.0. The molecule has 0 radical (unpaired) electrons. The average molecular weight is 583 g/mol. The molecule has 0 saturated carbocycles. The van der Waals surface area contributed by atoms with Crippen LogP contribution < -0.4 is 29.4 Å². The molecule has 42 heavy (non-hydrogen) atoms. The molecule has 1 aliphatic rings. The minimum atomic E-state index is -0.607. The van der Waals surface area contributed by atoms with Crippen LogP contribution >= 0.6 is 11.6 Å². The molecule has 0 amide bonds. The minimum absolute atomic E-state index is 0.0387. The predicted molar refractivity (Wildman–Crippen MR) is 157 cm³/mol. The summed E-state index contributed by atoms with van der Waals surface area (Å²) in [5.74, 6) is 0.964. The van der Waals surface area contributed by atoms with Crippen LogP contribution in [0.5, 0.6) is 28.7 Å². The summed E-state index contributed by atoms with van der Waals surface area (Å²) in [5, 5.41) is 10.5. The van der Waals surface area contributed by atoms with Crippen molar-refractivity contribution < 1.29 is 28.5 Å². The topological polar surface area (TPSA) is 113 Å². The summed E-state index contributed by atoms with van der Waals surface area (Å²) in [4.78, 5) is 12.4. The van der Waals surface area contributed by atoms with Gasteiger partial charge in [0.1, 0.15) is 35.5 Å². The maximum atomic E-state index is 12.4. The van der Waals surface area contributed by atoms with E-state index in [-0.39, 0.29) is 23.8 Å². The SMILES string of the molecule is COc1cc(C2C(C#N)=C(N)Oc3cc(OC(=O)COc4ccc(Cl)cc4)ccc32)ccc1OCc1ccc(C)cc1. The normalized spacial score (nSPS) is 13.8. The number of halogens is 1. The summed E-state index contributed by atoms with van der Waals surface area (Å²) in [7, 11) is 1.56. The molecule has 4 aromatic rings. The van der Waals surface area contributed by atoms with Crippen LogP contribution in [0.4, 0.5) is 0 Å². The van der Waals surface area contributed by atoms with E-state index >= 15 is 0 Å². The van der Waals surface area contributed by atoms with Crippen molar-refractivity contribution in [2.75, 3.05) is 13.7 Å². The smallest absolute Gasteiger partial charge is 0.349 e. The Morgan fingerprint density at radius 1 is 0.952 bits per heavy atom. The lowest BCUT2D eigenvalue weighted by molar-refractivity contribution is -0.136. The van der Waals surface area contributed by atoms with Gasteiger partial charge in [-0.05, 0) is 60.5 Å². The van der Waals surface area contributed by atoms with Crippen molar-refractivity contribution in [2.45, 2.75) is 19.4 Å². The van der Waals surface area contributed by atoms with Gasteiger partial charge in [0.25, 0.3) is 0 Å². The fourth-order valence-electron chi connectivity index (χ4n) is 4.50. The van der Waals surface area contributed by atoms with Gasteiger partial charge in [-0.15, -0.1) is 0 Å². The van der Waals surface area contributed by atoms with Gasteiger partial charge in [-0.3, -0.25) is 0 Å². The number of nitrogens with zero attached hydrogens (tertiary/aromatic N) is 1. The molecule has 0 aliphatic carbocycles. The van der Waals surface area contributed by atoms with Crippen LogP contribution in [0.25, 0.3) is 0 Å². The molecular formula is C33H27ClN2O6. The van der Waals surface area contributed by atoms with Crippen molar-refractivity contribution in [1.29, 1.82) is 5.26 Å². The molecule has 2 N–H and O–H groups in total. The lowest BCUT2D eigenvalue weighted by Crippen LogP contribution is -2.21. The fourth-order valence-corrected chi connectivity index (χ4v) is 4.63. The van der Waals surface area contributed by atoms with Gasteiger partial charge < -0.3 is 29.4 Å². The average Bonchev–Trinajstić information content (AvgIpc) is 2.99. The number of allylic oxidation sites excluding steroid dienone is 1. The number of hydrogen-bond acceptors (Lipinski definition) is 8. The highest BCUT2D eigenvalue weighted by Gasteiger charge is 2.32. The standard InChI is InChI=1S/C33H27ClN2O6/c1-20-3-5-21(6-4-20)18-40-28-14-7-22(15-30(28)38-2)32-26-13-12-25(16-29(26)42-33(36)27(32)17-35)41-31(37)19-39-24-10-8-23(34)9-11-24/h3-16,32H,18-19,36H2,1-2H3. The van der Waals surface area contributed by atoms with E-state index in [1.807, 2.05) is 43.3 Å². The molecular weight excluding hydrogens is 556 g/mol. The van der Waals surface area contributed by atoms with E-state index in [1.54, 1.807) is 55.6 Å². The molecule has 1 unspecified atom stereocenters. The third-order valence-electron chi connectivity index (χ3n) is 6.63. The van der Waals surface area contributed by atoms with Gasteiger partial charge in [0.05, 0.1) is 13.0 Å². The Labute approximate surface area is 248 Å². The predicted octanol–water partition coefficient (Wildman–Crippen LogP) is 6.44. The quantitative estimate of drug-likeness (QED) is 0.177. The Morgan fingerprint density at radius 3 is 2.40 bits per heavy atom.